The summed E-state index contributed by atoms with van der Waals surface area (Å²) in [5, 5.41) is 3.63. The van der Waals surface area contributed by atoms with Gasteiger partial charge in [-0.15, -0.1) is 0 Å². The molecule has 0 amide bonds. The van der Waals surface area contributed by atoms with E-state index in [-0.39, 0.29) is 6.61 Å². The molecule has 100 valence electrons. The summed E-state index contributed by atoms with van der Waals surface area (Å²) in [4.78, 5) is 14.6. The van der Waals surface area contributed by atoms with Gasteiger partial charge in [-0.05, 0) is 12.1 Å². The molecule has 0 radical (unpaired) electrons. The van der Waals surface area contributed by atoms with Crippen molar-refractivity contribution in [1.29, 1.82) is 0 Å². The van der Waals surface area contributed by atoms with E-state index in [9.17, 15) is 4.79 Å². The molecule has 0 aliphatic carbocycles. The summed E-state index contributed by atoms with van der Waals surface area (Å²) >= 11 is 0. The van der Waals surface area contributed by atoms with E-state index < -0.39 is 0 Å². The van der Waals surface area contributed by atoms with E-state index >= 15 is 0 Å². The van der Waals surface area contributed by atoms with Gasteiger partial charge < -0.3 is 18.7 Å². The monoisotopic (exact) mass is 264 g/mol. The minimum atomic E-state index is 0.101. The number of methoxy groups -OCH3 is 2. The van der Waals surface area contributed by atoms with Crippen molar-refractivity contribution in [2.75, 3.05) is 14.2 Å². The number of aldehydes is 1. The van der Waals surface area contributed by atoms with Crippen LogP contribution < -0.4 is 14.2 Å². The van der Waals surface area contributed by atoms with Gasteiger partial charge in [0.05, 0.1) is 14.2 Å². The summed E-state index contributed by atoms with van der Waals surface area (Å²) in [7, 11) is 2.95. The van der Waals surface area contributed by atoms with E-state index in [4.69, 9.17) is 14.2 Å². The molecule has 0 fully saturated rings. The van der Waals surface area contributed by atoms with Gasteiger partial charge in [-0.3, -0.25) is 4.79 Å². The van der Waals surface area contributed by atoms with Gasteiger partial charge in [0, 0.05) is 5.56 Å². The third kappa shape index (κ3) is 2.82. The Kier molecular flexibility index (Phi) is 3.97. The number of hydrogen-bond donors (Lipinski definition) is 0. The van der Waals surface area contributed by atoms with Crippen LogP contribution >= 0.6 is 0 Å². The lowest BCUT2D eigenvalue weighted by molar-refractivity contribution is 0.112. The van der Waals surface area contributed by atoms with E-state index in [1.807, 2.05) is 0 Å². The Morgan fingerprint density at radius 1 is 1.26 bits per heavy atom. The molecule has 1 heterocycles. The maximum Gasteiger partial charge on any atom is 0.213 e. The summed E-state index contributed by atoms with van der Waals surface area (Å²) in [5.74, 6) is 1.55. The largest absolute Gasteiger partial charge is 0.493 e. The molecule has 0 aliphatic heterocycles. The Hall–Kier alpha value is -2.57. The van der Waals surface area contributed by atoms with Gasteiger partial charge in [0.1, 0.15) is 6.29 Å². The quantitative estimate of drug-likeness (QED) is 0.730. The van der Waals surface area contributed by atoms with E-state index in [1.54, 1.807) is 12.1 Å². The number of ether oxygens (including phenoxy) is 3. The molecule has 0 unspecified atom stereocenters. The van der Waals surface area contributed by atoms with Gasteiger partial charge in [0.25, 0.3) is 0 Å². The van der Waals surface area contributed by atoms with E-state index in [1.165, 1.54) is 20.6 Å². The van der Waals surface area contributed by atoms with Crippen molar-refractivity contribution in [1.82, 2.24) is 10.1 Å². The van der Waals surface area contributed by atoms with Gasteiger partial charge in [-0.2, -0.15) is 4.98 Å². The smallest absolute Gasteiger partial charge is 0.213 e. The second-order valence-electron chi connectivity index (χ2n) is 3.51. The number of benzene rings is 1. The summed E-state index contributed by atoms with van der Waals surface area (Å²) in [6, 6.07) is 3.11. The zero-order valence-corrected chi connectivity index (χ0v) is 10.5. The summed E-state index contributed by atoms with van der Waals surface area (Å²) in [6.45, 7) is 0.101. The molecule has 7 nitrogen and oxygen atoms in total. The Bertz CT molecular complexity index is 528. The molecular weight excluding hydrogens is 252 g/mol. The Morgan fingerprint density at radius 2 is 1.95 bits per heavy atom. The maximum absolute atomic E-state index is 10.8. The highest BCUT2D eigenvalue weighted by Crippen LogP contribution is 2.38. The third-order valence-electron chi connectivity index (χ3n) is 2.37. The van der Waals surface area contributed by atoms with Gasteiger partial charge in [-0.1, -0.05) is 5.16 Å². The number of carbonyl (C=O) groups is 1. The van der Waals surface area contributed by atoms with Gasteiger partial charge in [0.2, 0.25) is 18.0 Å². The lowest BCUT2D eigenvalue weighted by atomic mass is 10.2. The number of hydrogen-bond acceptors (Lipinski definition) is 7. The molecule has 0 spiro atoms. The summed E-state index contributed by atoms with van der Waals surface area (Å²) < 4.78 is 20.5. The van der Waals surface area contributed by atoms with Gasteiger partial charge in [-0.25, -0.2) is 0 Å². The van der Waals surface area contributed by atoms with Crippen LogP contribution in [0.15, 0.2) is 23.0 Å². The number of aromatic nitrogens is 2. The predicted molar refractivity (Wildman–Crippen MR) is 63.6 cm³/mol. The average Bonchev–Trinajstić information content (AvgIpc) is 2.97. The maximum atomic E-state index is 10.8. The molecular formula is C12H12N2O5. The molecule has 1 aromatic carbocycles. The normalized spacial score (nSPS) is 10.0. The lowest BCUT2D eigenvalue weighted by Crippen LogP contribution is -2.02. The van der Waals surface area contributed by atoms with E-state index in [2.05, 4.69) is 14.7 Å². The average molecular weight is 264 g/mol. The fourth-order valence-electron chi connectivity index (χ4n) is 1.50. The highest BCUT2D eigenvalue weighted by atomic mass is 16.5. The van der Waals surface area contributed by atoms with Crippen LogP contribution in [0.5, 0.6) is 17.2 Å². The van der Waals surface area contributed by atoms with Crippen molar-refractivity contribution in [3.63, 3.8) is 0 Å². The Balaban J connectivity index is 2.28. The number of carbonyl (C=O) groups excluding carboxylic acids is 1. The van der Waals surface area contributed by atoms with Crippen molar-refractivity contribution >= 4 is 6.29 Å². The molecule has 2 rings (SSSR count). The molecule has 2 aromatic rings. The minimum absolute atomic E-state index is 0.101. The first-order valence-corrected chi connectivity index (χ1v) is 5.37. The molecule has 0 N–H and O–H groups in total. The zero-order chi connectivity index (χ0) is 13.7. The van der Waals surface area contributed by atoms with Crippen LogP contribution in [0.3, 0.4) is 0 Å². The van der Waals surface area contributed by atoms with Gasteiger partial charge in [0.15, 0.2) is 18.1 Å². The van der Waals surface area contributed by atoms with Crippen molar-refractivity contribution in [3.8, 4) is 17.2 Å². The lowest BCUT2D eigenvalue weighted by Gasteiger charge is -2.13. The van der Waals surface area contributed by atoms with Crippen LogP contribution in [0.1, 0.15) is 16.2 Å². The molecule has 0 atom stereocenters. The van der Waals surface area contributed by atoms with Crippen LogP contribution in [0, 0.1) is 0 Å². The highest BCUT2D eigenvalue weighted by molar-refractivity contribution is 5.78. The van der Waals surface area contributed by atoms with Crippen LogP contribution in [-0.2, 0) is 6.61 Å². The van der Waals surface area contributed by atoms with Crippen molar-refractivity contribution < 1.29 is 23.5 Å². The second-order valence-corrected chi connectivity index (χ2v) is 3.51. The molecule has 7 heteroatoms. The Morgan fingerprint density at radius 3 is 2.42 bits per heavy atom. The fraction of sp³-hybridized carbons (Fsp3) is 0.250. The summed E-state index contributed by atoms with van der Waals surface area (Å²) in [5.41, 5.74) is 0.431. The first kappa shape index (κ1) is 12.9. The Labute approximate surface area is 109 Å². The summed E-state index contributed by atoms with van der Waals surface area (Å²) in [6.07, 6.45) is 1.91. The van der Waals surface area contributed by atoms with Crippen LogP contribution in [-0.4, -0.2) is 30.6 Å². The van der Waals surface area contributed by atoms with E-state index in [0.717, 1.165) is 0 Å². The molecule has 0 bridgehead atoms. The van der Waals surface area contributed by atoms with Crippen molar-refractivity contribution in [2.45, 2.75) is 6.61 Å². The van der Waals surface area contributed by atoms with E-state index in [0.29, 0.717) is 34.9 Å². The van der Waals surface area contributed by atoms with Crippen molar-refractivity contribution in [3.05, 3.63) is 29.9 Å². The number of nitrogens with zero attached hydrogens (tertiary/aromatic N) is 2. The number of rotatable bonds is 6. The van der Waals surface area contributed by atoms with Gasteiger partial charge >= 0.3 is 0 Å². The first-order valence-electron chi connectivity index (χ1n) is 5.37. The molecule has 1 aromatic heterocycles. The topological polar surface area (TPSA) is 83.7 Å². The highest BCUT2D eigenvalue weighted by Gasteiger charge is 2.15. The molecule has 19 heavy (non-hydrogen) atoms. The minimum Gasteiger partial charge on any atom is -0.493 e. The standard InChI is InChI=1S/C12H12N2O5/c1-16-9-3-8(5-15)4-10(17-2)12(9)18-6-11-13-7-19-14-11/h3-5,7H,6H2,1-2H3. The van der Waals surface area contributed by atoms with Crippen LogP contribution in [0.4, 0.5) is 0 Å². The molecule has 0 saturated heterocycles. The zero-order valence-electron chi connectivity index (χ0n) is 10.5. The van der Waals surface area contributed by atoms with Crippen molar-refractivity contribution in [2.24, 2.45) is 0 Å². The third-order valence-corrected chi connectivity index (χ3v) is 2.37. The fourth-order valence-corrected chi connectivity index (χ4v) is 1.50. The van der Waals surface area contributed by atoms with Crippen LogP contribution in [0.25, 0.3) is 0 Å². The van der Waals surface area contributed by atoms with Crippen LogP contribution in [0.2, 0.25) is 0 Å². The molecule has 0 aliphatic rings. The first-order chi connectivity index (χ1) is 9.28. The predicted octanol–water partition coefficient (Wildman–Crippen LogP) is 1.48. The molecule has 0 saturated carbocycles. The second kappa shape index (κ2) is 5.85. The SMILES string of the molecule is COc1cc(C=O)cc(OC)c1OCc1ncon1.